The Morgan fingerprint density at radius 2 is 2.25 bits per heavy atom. The van der Waals surface area contributed by atoms with Crippen molar-refractivity contribution in [2.75, 3.05) is 7.11 Å². The molecule has 3 heteroatoms. The van der Waals surface area contributed by atoms with E-state index in [9.17, 15) is 0 Å². The van der Waals surface area contributed by atoms with Crippen molar-refractivity contribution in [1.29, 1.82) is 0 Å². The van der Waals surface area contributed by atoms with Crippen LogP contribution in [-0.4, -0.2) is 16.5 Å². The van der Waals surface area contributed by atoms with Gasteiger partial charge in [-0.25, -0.2) is 0 Å². The third kappa shape index (κ3) is 0.942. The Labute approximate surface area is 70.6 Å². The highest BCUT2D eigenvalue weighted by molar-refractivity contribution is 5.43. The Kier molecular flexibility index (Phi) is 1.50. The number of hydrogen-bond donors (Lipinski definition) is 0. The maximum Gasteiger partial charge on any atom is 0.232 e. The highest BCUT2D eigenvalue weighted by Crippen LogP contribution is 2.12. The van der Waals surface area contributed by atoms with Gasteiger partial charge in [0.05, 0.1) is 13.3 Å². The van der Waals surface area contributed by atoms with Crippen molar-refractivity contribution < 1.29 is 4.74 Å². The van der Waals surface area contributed by atoms with Gasteiger partial charge in [-0.1, -0.05) is 6.07 Å². The van der Waals surface area contributed by atoms with Crippen LogP contribution in [0.3, 0.4) is 0 Å². The van der Waals surface area contributed by atoms with Crippen LogP contribution in [0.5, 0.6) is 5.88 Å². The van der Waals surface area contributed by atoms with Gasteiger partial charge in [0, 0.05) is 5.69 Å². The molecule has 0 unspecified atom stereocenters. The van der Waals surface area contributed by atoms with Crippen LogP contribution in [0.2, 0.25) is 0 Å². The molecule has 0 saturated heterocycles. The van der Waals surface area contributed by atoms with Gasteiger partial charge in [0.25, 0.3) is 0 Å². The molecule has 0 N–H and O–H groups in total. The first-order valence-electron chi connectivity index (χ1n) is 3.80. The molecule has 0 radical (unpaired) electrons. The lowest BCUT2D eigenvalue weighted by Crippen LogP contribution is -1.86. The lowest BCUT2D eigenvalue weighted by Gasteiger charge is -1.95. The number of pyridine rings is 1. The molecule has 0 spiro atoms. The van der Waals surface area contributed by atoms with E-state index in [0.717, 1.165) is 11.3 Å². The van der Waals surface area contributed by atoms with Crippen molar-refractivity contribution >= 4 is 5.65 Å². The van der Waals surface area contributed by atoms with Gasteiger partial charge in [0.15, 0.2) is 0 Å². The summed E-state index contributed by atoms with van der Waals surface area (Å²) >= 11 is 0. The van der Waals surface area contributed by atoms with Gasteiger partial charge in [-0.2, -0.15) is 4.98 Å². The second-order valence-electron chi connectivity index (χ2n) is 2.68. The van der Waals surface area contributed by atoms with Crippen LogP contribution in [0.4, 0.5) is 0 Å². The van der Waals surface area contributed by atoms with E-state index in [1.165, 1.54) is 0 Å². The number of hydrogen-bond acceptors (Lipinski definition) is 2. The number of aromatic nitrogens is 2. The zero-order valence-electron chi connectivity index (χ0n) is 7.11. The first kappa shape index (κ1) is 7.16. The first-order valence-corrected chi connectivity index (χ1v) is 3.80. The van der Waals surface area contributed by atoms with Crippen LogP contribution in [0.25, 0.3) is 5.65 Å². The van der Waals surface area contributed by atoms with E-state index >= 15 is 0 Å². The minimum atomic E-state index is 0.657. The molecule has 0 atom stereocenters. The molecule has 0 aliphatic heterocycles. The van der Waals surface area contributed by atoms with Gasteiger partial charge in [0.1, 0.15) is 5.65 Å². The minimum Gasteiger partial charge on any atom is -0.480 e. The van der Waals surface area contributed by atoms with E-state index in [1.807, 2.05) is 35.7 Å². The molecule has 62 valence electrons. The van der Waals surface area contributed by atoms with Gasteiger partial charge in [-0.3, -0.25) is 0 Å². The molecule has 2 rings (SSSR count). The third-order valence-electron chi connectivity index (χ3n) is 1.88. The maximum absolute atomic E-state index is 5.02. The summed E-state index contributed by atoms with van der Waals surface area (Å²) in [5.41, 5.74) is 2.08. The lowest BCUT2D eigenvalue weighted by atomic mass is 10.4. The van der Waals surface area contributed by atoms with E-state index in [1.54, 1.807) is 7.11 Å². The molecule has 2 aromatic heterocycles. The zero-order chi connectivity index (χ0) is 8.55. The fourth-order valence-corrected chi connectivity index (χ4v) is 1.22. The van der Waals surface area contributed by atoms with E-state index in [0.29, 0.717) is 5.88 Å². The SMILES string of the molecule is COc1cn2c(C)cccc2n1. The van der Waals surface area contributed by atoms with E-state index < -0.39 is 0 Å². The van der Waals surface area contributed by atoms with E-state index in [4.69, 9.17) is 4.74 Å². The van der Waals surface area contributed by atoms with Gasteiger partial charge >= 0.3 is 0 Å². The highest BCUT2D eigenvalue weighted by atomic mass is 16.5. The second-order valence-corrected chi connectivity index (χ2v) is 2.68. The zero-order valence-corrected chi connectivity index (χ0v) is 7.11. The average molecular weight is 162 g/mol. The molecular formula is C9H10N2O. The van der Waals surface area contributed by atoms with Gasteiger partial charge < -0.3 is 9.14 Å². The average Bonchev–Trinajstić information content (AvgIpc) is 2.49. The monoisotopic (exact) mass is 162 g/mol. The van der Waals surface area contributed by atoms with Crippen molar-refractivity contribution in [3.63, 3.8) is 0 Å². The van der Waals surface area contributed by atoms with Crippen molar-refractivity contribution in [2.45, 2.75) is 6.92 Å². The molecule has 12 heavy (non-hydrogen) atoms. The fraction of sp³-hybridized carbons (Fsp3) is 0.222. The molecule has 2 aromatic rings. The smallest absolute Gasteiger partial charge is 0.232 e. The summed E-state index contributed by atoms with van der Waals surface area (Å²) in [5, 5.41) is 0. The summed E-state index contributed by atoms with van der Waals surface area (Å²) in [6, 6.07) is 5.97. The van der Waals surface area contributed by atoms with Gasteiger partial charge in [-0.05, 0) is 19.1 Å². The summed E-state index contributed by atoms with van der Waals surface area (Å²) in [6.07, 6.45) is 1.88. The van der Waals surface area contributed by atoms with Crippen molar-refractivity contribution in [1.82, 2.24) is 9.38 Å². The Bertz CT molecular complexity index is 406. The summed E-state index contributed by atoms with van der Waals surface area (Å²) in [7, 11) is 1.62. The molecule has 0 amide bonds. The normalized spacial score (nSPS) is 10.5. The lowest BCUT2D eigenvalue weighted by molar-refractivity contribution is 0.400. The number of ether oxygens (including phenoxy) is 1. The largest absolute Gasteiger partial charge is 0.480 e. The van der Waals surface area contributed by atoms with Crippen molar-refractivity contribution in [3.05, 3.63) is 30.1 Å². The minimum absolute atomic E-state index is 0.657. The quantitative estimate of drug-likeness (QED) is 0.637. The summed E-state index contributed by atoms with van der Waals surface area (Å²) in [4.78, 5) is 4.23. The van der Waals surface area contributed by atoms with Crippen LogP contribution >= 0.6 is 0 Å². The van der Waals surface area contributed by atoms with Crippen LogP contribution in [-0.2, 0) is 0 Å². The molecular weight excluding hydrogens is 152 g/mol. The predicted molar refractivity (Wildman–Crippen MR) is 46.5 cm³/mol. The van der Waals surface area contributed by atoms with Gasteiger partial charge in [0.2, 0.25) is 5.88 Å². The van der Waals surface area contributed by atoms with Gasteiger partial charge in [-0.15, -0.1) is 0 Å². The van der Waals surface area contributed by atoms with Crippen LogP contribution in [0.1, 0.15) is 5.69 Å². The highest BCUT2D eigenvalue weighted by Gasteiger charge is 2.00. The summed E-state index contributed by atoms with van der Waals surface area (Å²) in [5.74, 6) is 0.657. The number of nitrogens with zero attached hydrogens (tertiary/aromatic N) is 2. The molecule has 3 nitrogen and oxygen atoms in total. The Morgan fingerprint density at radius 1 is 1.42 bits per heavy atom. The second kappa shape index (κ2) is 2.52. The number of methoxy groups -OCH3 is 1. The topological polar surface area (TPSA) is 26.5 Å². The number of rotatable bonds is 1. The van der Waals surface area contributed by atoms with E-state index in [2.05, 4.69) is 4.98 Å². The third-order valence-corrected chi connectivity index (χ3v) is 1.88. The Hall–Kier alpha value is -1.51. The summed E-state index contributed by atoms with van der Waals surface area (Å²) < 4.78 is 7.02. The van der Waals surface area contributed by atoms with Crippen LogP contribution in [0, 0.1) is 6.92 Å². The molecule has 0 aliphatic carbocycles. The van der Waals surface area contributed by atoms with E-state index in [-0.39, 0.29) is 0 Å². The molecule has 0 fully saturated rings. The number of imidazole rings is 1. The maximum atomic E-state index is 5.02. The van der Waals surface area contributed by atoms with Crippen LogP contribution < -0.4 is 4.74 Å². The molecule has 0 aliphatic rings. The molecule has 0 aromatic carbocycles. The molecule has 2 heterocycles. The molecule has 0 saturated carbocycles. The predicted octanol–water partition coefficient (Wildman–Crippen LogP) is 1.65. The fourth-order valence-electron chi connectivity index (χ4n) is 1.22. The van der Waals surface area contributed by atoms with Crippen molar-refractivity contribution in [3.8, 4) is 5.88 Å². The Balaban J connectivity index is 2.74. The van der Waals surface area contributed by atoms with Crippen molar-refractivity contribution in [2.24, 2.45) is 0 Å². The standard InChI is InChI=1S/C9H10N2O/c1-7-4-3-5-8-10-9(12-2)6-11(7)8/h3-6H,1-2H3. The first-order chi connectivity index (χ1) is 5.81. The summed E-state index contributed by atoms with van der Waals surface area (Å²) in [6.45, 7) is 2.04. The number of aryl methyl sites for hydroxylation is 1. The Morgan fingerprint density at radius 3 is 2.92 bits per heavy atom. The molecule has 0 bridgehead atoms. The number of fused-ring (bicyclic) bond motifs is 1. The van der Waals surface area contributed by atoms with Crippen LogP contribution in [0.15, 0.2) is 24.4 Å².